The van der Waals surface area contributed by atoms with E-state index in [1.807, 2.05) is 11.8 Å². The normalized spacial score (nSPS) is 12.9. The molecule has 0 radical (unpaired) electrons. The van der Waals surface area contributed by atoms with Crippen molar-refractivity contribution in [3.05, 3.63) is 29.8 Å². The number of alkyl halides is 1. The molecule has 2 heteroatoms. The summed E-state index contributed by atoms with van der Waals surface area (Å²) in [6, 6.07) is 8.73. The fourth-order valence-electron chi connectivity index (χ4n) is 0.881. The van der Waals surface area contributed by atoms with Crippen LogP contribution >= 0.6 is 34.4 Å². The van der Waals surface area contributed by atoms with Gasteiger partial charge in [0.2, 0.25) is 0 Å². The van der Waals surface area contributed by atoms with Gasteiger partial charge in [-0.25, -0.2) is 0 Å². The van der Waals surface area contributed by atoms with Crippen molar-refractivity contribution in [1.29, 1.82) is 0 Å². The van der Waals surface area contributed by atoms with Crippen molar-refractivity contribution in [3.8, 4) is 0 Å². The predicted octanol–water partition coefficient (Wildman–Crippen LogP) is 3.91. The summed E-state index contributed by atoms with van der Waals surface area (Å²) in [5.74, 6) is 0. The largest absolute Gasteiger partial charge is 0.122 e. The van der Waals surface area contributed by atoms with E-state index in [9.17, 15) is 0 Å². The van der Waals surface area contributed by atoms with E-state index in [1.165, 1.54) is 14.9 Å². The number of hydrogen-bond acceptors (Lipinski definition) is 1. The van der Waals surface area contributed by atoms with Gasteiger partial charge < -0.3 is 0 Å². The van der Waals surface area contributed by atoms with Gasteiger partial charge in [0.25, 0.3) is 0 Å². The van der Waals surface area contributed by atoms with Crippen molar-refractivity contribution in [2.75, 3.05) is 4.43 Å². The molecule has 0 spiro atoms. The summed E-state index contributed by atoms with van der Waals surface area (Å²) in [6.45, 7) is 4.38. The highest BCUT2D eigenvalue weighted by Crippen LogP contribution is 2.24. The third-order valence-corrected chi connectivity index (χ3v) is 4.61. The van der Waals surface area contributed by atoms with Gasteiger partial charge in [-0.2, -0.15) is 0 Å². The molecule has 0 saturated carbocycles. The molecule has 0 amide bonds. The number of rotatable bonds is 3. The maximum atomic E-state index is 2.43. The molecule has 1 rings (SSSR count). The molecule has 1 aromatic rings. The molecular formula is C10H13IS. The van der Waals surface area contributed by atoms with Crippen molar-refractivity contribution in [3.63, 3.8) is 0 Å². The Bertz CT molecular complexity index is 230. The van der Waals surface area contributed by atoms with Crippen LogP contribution in [0.25, 0.3) is 0 Å². The molecular weight excluding hydrogens is 279 g/mol. The van der Waals surface area contributed by atoms with Gasteiger partial charge in [0, 0.05) is 14.6 Å². The summed E-state index contributed by atoms with van der Waals surface area (Å²) in [5, 5.41) is 0.716. The summed E-state index contributed by atoms with van der Waals surface area (Å²) in [4.78, 5) is 1.38. The van der Waals surface area contributed by atoms with E-state index in [-0.39, 0.29) is 0 Å². The third kappa shape index (κ3) is 3.35. The van der Waals surface area contributed by atoms with Gasteiger partial charge in [0.05, 0.1) is 0 Å². The third-order valence-electron chi connectivity index (χ3n) is 1.58. The molecule has 0 fully saturated rings. The molecule has 1 aromatic carbocycles. The Hall–Kier alpha value is 0.300. The summed E-state index contributed by atoms with van der Waals surface area (Å²) in [6.07, 6.45) is 0. The quantitative estimate of drug-likeness (QED) is 0.462. The average molecular weight is 292 g/mol. The first-order valence-electron chi connectivity index (χ1n) is 4.01. The van der Waals surface area contributed by atoms with Crippen LogP contribution in [0.3, 0.4) is 0 Å². The number of thioether (sulfide) groups is 1. The van der Waals surface area contributed by atoms with E-state index in [2.05, 4.69) is 60.7 Å². The van der Waals surface area contributed by atoms with Crippen molar-refractivity contribution in [2.24, 2.45) is 0 Å². The Labute approximate surface area is 92.3 Å². The molecule has 0 aliphatic rings. The second-order valence-corrected chi connectivity index (χ2v) is 5.29. The van der Waals surface area contributed by atoms with Crippen LogP contribution in [0.2, 0.25) is 0 Å². The average Bonchev–Trinajstić information content (AvgIpc) is 2.09. The monoisotopic (exact) mass is 292 g/mol. The zero-order valence-corrected chi connectivity index (χ0v) is 10.4. The van der Waals surface area contributed by atoms with E-state index in [4.69, 9.17) is 0 Å². The highest BCUT2D eigenvalue weighted by Gasteiger charge is 2.00. The van der Waals surface area contributed by atoms with Gasteiger partial charge >= 0.3 is 0 Å². The molecule has 0 aromatic heterocycles. The second kappa shape index (κ2) is 5.12. The van der Waals surface area contributed by atoms with E-state index < -0.39 is 0 Å². The summed E-state index contributed by atoms with van der Waals surface area (Å²) < 4.78 is 1.20. The fraction of sp³-hybridized carbons (Fsp3) is 0.400. The standard InChI is InChI=1S/C10H13IS/c1-8-3-5-10(6-4-8)12-9(2)7-11/h3-6,9H,7H2,1-2H3. The van der Waals surface area contributed by atoms with Gasteiger partial charge in [-0.1, -0.05) is 47.2 Å². The van der Waals surface area contributed by atoms with Crippen molar-refractivity contribution >= 4 is 34.4 Å². The Morgan fingerprint density at radius 3 is 2.42 bits per heavy atom. The number of hydrogen-bond donors (Lipinski definition) is 0. The molecule has 1 unspecified atom stereocenters. The van der Waals surface area contributed by atoms with Crippen molar-refractivity contribution < 1.29 is 0 Å². The minimum absolute atomic E-state index is 0.716. The highest BCUT2D eigenvalue weighted by molar-refractivity contribution is 14.1. The van der Waals surface area contributed by atoms with Crippen LogP contribution < -0.4 is 0 Å². The summed E-state index contributed by atoms with van der Waals surface area (Å²) in [7, 11) is 0. The van der Waals surface area contributed by atoms with Crippen LogP contribution in [0.15, 0.2) is 29.2 Å². The van der Waals surface area contributed by atoms with Crippen LogP contribution in [0.1, 0.15) is 12.5 Å². The number of benzene rings is 1. The minimum atomic E-state index is 0.716. The zero-order valence-electron chi connectivity index (χ0n) is 7.38. The van der Waals surface area contributed by atoms with E-state index in [0.717, 1.165) is 0 Å². The molecule has 1 atom stereocenters. The SMILES string of the molecule is Cc1ccc(SC(C)CI)cc1. The highest BCUT2D eigenvalue weighted by atomic mass is 127. The zero-order chi connectivity index (χ0) is 8.97. The van der Waals surface area contributed by atoms with Crippen LogP contribution in [0, 0.1) is 6.92 Å². The number of halogens is 1. The first kappa shape index (κ1) is 10.4. The molecule has 0 heterocycles. The molecule has 0 saturated heterocycles. The van der Waals surface area contributed by atoms with E-state index >= 15 is 0 Å². The van der Waals surface area contributed by atoms with Crippen molar-refractivity contribution in [1.82, 2.24) is 0 Å². The van der Waals surface area contributed by atoms with Gasteiger partial charge in [-0.3, -0.25) is 0 Å². The van der Waals surface area contributed by atoms with E-state index in [0.29, 0.717) is 5.25 Å². The minimum Gasteiger partial charge on any atom is -0.122 e. The predicted molar refractivity (Wildman–Crippen MR) is 65.4 cm³/mol. The summed E-state index contributed by atoms with van der Waals surface area (Å²) >= 11 is 4.37. The lowest BCUT2D eigenvalue weighted by Gasteiger charge is -2.06. The second-order valence-electron chi connectivity index (χ2n) is 2.90. The molecule has 0 bridgehead atoms. The summed E-state index contributed by atoms with van der Waals surface area (Å²) in [5.41, 5.74) is 1.33. The van der Waals surface area contributed by atoms with Crippen LogP contribution in [0.5, 0.6) is 0 Å². The lowest BCUT2D eigenvalue weighted by atomic mass is 10.2. The van der Waals surface area contributed by atoms with Gasteiger partial charge in [0.15, 0.2) is 0 Å². The van der Waals surface area contributed by atoms with Gasteiger partial charge in [-0.15, -0.1) is 11.8 Å². The first-order valence-corrected chi connectivity index (χ1v) is 6.42. The Kier molecular flexibility index (Phi) is 4.43. The Balaban J connectivity index is 2.58. The van der Waals surface area contributed by atoms with Gasteiger partial charge in [0.1, 0.15) is 0 Å². The maximum absolute atomic E-state index is 2.43. The molecule has 0 aliphatic heterocycles. The van der Waals surface area contributed by atoms with Gasteiger partial charge in [-0.05, 0) is 19.1 Å². The topological polar surface area (TPSA) is 0 Å². The van der Waals surface area contributed by atoms with Crippen LogP contribution in [-0.2, 0) is 0 Å². The van der Waals surface area contributed by atoms with E-state index in [1.54, 1.807) is 0 Å². The molecule has 0 N–H and O–H groups in total. The molecule has 0 aliphatic carbocycles. The maximum Gasteiger partial charge on any atom is 0.0156 e. The fourth-order valence-corrected chi connectivity index (χ4v) is 2.24. The molecule has 66 valence electrons. The lowest BCUT2D eigenvalue weighted by Crippen LogP contribution is -1.95. The van der Waals surface area contributed by atoms with Crippen LogP contribution in [-0.4, -0.2) is 9.68 Å². The Morgan fingerprint density at radius 1 is 1.33 bits per heavy atom. The van der Waals surface area contributed by atoms with Crippen molar-refractivity contribution in [2.45, 2.75) is 24.0 Å². The number of aryl methyl sites for hydroxylation is 1. The smallest absolute Gasteiger partial charge is 0.0156 e. The molecule has 12 heavy (non-hydrogen) atoms. The lowest BCUT2D eigenvalue weighted by molar-refractivity contribution is 1.15. The van der Waals surface area contributed by atoms with Crippen LogP contribution in [0.4, 0.5) is 0 Å². The molecule has 0 nitrogen and oxygen atoms in total. The first-order chi connectivity index (χ1) is 5.72. The Morgan fingerprint density at radius 2 is 1.92 bits per heavy atom.